The molecule has 0 radical (unpaired) electrons. The lowest BCUT2D eigenvalue weighted by atomic mass is 10.0. The van der Waals surface area contributed by atoms with Gasteiger partial charge in [0.1, 0.15) is 18.1 Å². The topological polar surface area (TPSA) is 52.3 Å². The van der Waals surface area contributed by atoms with E-state index in [0.717, 1.165) is 39.6 Å². The standard InChI is InChI=1S/C18H12N4O/c1-2-6-12(7-3-1)18-20-19-16-10-13-11-23-15-9-5-4-8-14(15)17(13)21-22(16)18/h1-10H,11H2. The first-order valence-corrected chi connectivity index (χ1v) is 7.43. The third kappa shape index (κ3) is 1.83. The summed E-state index contributed by atoms with van der Waals surface area (Å²) < 4.78 is 7.59. The molecule has 2 aromatic heterocycles. The third-order valence-electron chi connectivity index (χ3n) is 4.03. The summed E-state index contributed by atoms with van der Waals surface area (Å²) >= 11 is 0. The van der Waals surface area contributed by atoms with Gasteiger partial charge in [-0.15, -0.1) is 10.2 Å². The normalized spacial score (nSPS) is 12.5. The van der Waals surface area contributed by atoms with Crippen molar-refractivity contribution in [3.8, 4) is 28.4 Å². The van der Waals surface area contributed by atoms with Crippen molar-refractivity contribution in [2.24, 2.45) is 0 Å². The van der Waals surface area contributed by atoms with Crippen molar-refractivity contribution in [1.29, 1.82) is 0 Å². The number of hydrogen-bond donors (Lipinski definition) is 0. The lowest BCUT2D eigenvalue weighted by molar-refractivity contribution is 0.301. The molecule has 0 unspecified atom stereocenters. The number of rotatable bonds is 1. The fraction of sp³-hybridized carbons (Fsp3) is 0.0556. The number of hydrogen-bond acceptors (Lipinski definition) is 4. The second-order valence-electron chi connectivity index (χ2n) is 5.46. The zero-order valence-electron chi connectivity index (χ0n) is 12.2. The number of fused-ring (bicyclic) bond motifs is 4. The summed E-state index contributed by atoms with van der Waals surface area (Å²) in [6.07, 6.45) is 0. The summed E-state index contributed by atoms with van der Waals surface area (Å²) in [6.45, 7) is 0.503. The first kappa shape index (κ1) is 12.3. The number of benzene rings is 2. The summed E-state index contributed by atoms with van der Waals surface area (Å²) in [4.78, 5) is 0. The van der Waals surface area contributed by atoms with Crippen molar-refractivity contribution in [3.05, 3.63) is 66.2 Å². The van der Waals surface area contributed by atoms with E-state index >= 15 is 0 Å². The summed E-state index contributed by atoms with van der Waals surface area (Å²) in [6, 6.07) is 19.9. The predicted octanol–water partition coefficient (Wildman–Crippen LogP) is 3.35. The van der Waals surface area contributed by atoms with E-state index in [-0.39, 0.29) is 0 Å². The van der Waals surface area contributed by atoms with Crippen LogP contribution in [0, 0.1) is 0 Å². The number of aromatic nitrogens is 4. The predicted molar refractivity (Wildman–Crippen MR) is 86.0 cm³/mol. The maximum Gasteiger partial charge on any atom is 0.185 e. The van der Waals surface area contributed by atoms with Gasteiger partial charge in [-0.1, -0.05) is 42.5 Å². The van der Waals surface area contributed by atoms with Crippen molar-refractivity contribution >= 4 is 5.65 Å². The molecule has 0 atom stereocenters. The first-order chi connectivity index (χ1) is 11.4. The van der Waals surface area contributed by atoms with Crippen molar-refractivity contribution in [1.82, 2.24) is 19.8 Å². The number of para-hydroxylation sites is 1. The van der Waals surface area contributed by atoms with Crippen LogP contribution in [0.2, 0.25) is 0 Å². The van der Waals surface area contributed by atoms with E-state index in [1.165, 1.54) is 0 Å². The molecule has 5 nitrogen and oxygen atoms in total. The van der Waals surface area contributed by atoms with Crippen LogP contribution in [0.5, 0.6) is 5.75 Å². The SMILES string of the molecule is c1ccc(-c2nnc3cc4c(nn23)-c2ccccc2OC4)cc1. The molecule has 5 heteroatoms. The van der Waals surface area contributed by atoms with E-state index in [0.29, 0.717) is 6.61 Å². The average Bonchev–Trinajstić information content (AvgIpc) is 3.03. The van der Waals surface area contributed by atoms with Gasteiger partial charge in [-0.05, 0) is 18.2 Å². The summed E-state index contributed by atoms with van der Waals surface area (Å²) in [5.41, 5.74) is 4.68. The Balaban J connectivity index is 1.78. The molecule has 0 saturated carbocycles. The molecular weight excluding hydrogens is 288 g/mol. The summed E-state index contributed by atoms with van der Waals surface area (Å²) in [7, 11) is 0. The quantitative estimate of drug-likeness (QED) is 0.541. The van der Waals surface area contributed by atoms with Crippen molar-refractivity contribution in [2.75, 3.05) is 0 Å². The van der Waals surface area contributed by atoms with Crippen molar-refractivity contribution in [2.45, 2.75) is 6.61 Å². The van der Waals surface area contributed by atoms with Gasteiger partial charge in [0.25, 0.3) is 0 Å². The molecule has 0 fully saturated rings. The number of ether oxygens (including phenoxy) is 1. The van der Waals surface area contributed by atoms with Crippen molar-refractivity contribution < 1.29 is 4.74 Å². The zero-order chi connectivity index (χ0) is 15.2. The Morgan fingerprint density at radius 3 is 2.65 bits per heavy atom. The highest BCUT2D eigenvalue weighted by molar-refractivity contribution is 5.73. The fourth-order valence-electron chi connectivity index (χ4n) is 2.92. The highest BCUT2D eigenvalue weighted by Gasteiger charge is 2.21. The Bertz CT molecular complexity index is 1020. The molecular formula is C18H12N4O. The van der Waals surface area contributed by atoms with E-state index in [9.17, 15) is 0 Å². The summed E-state index contributed by atoms with van der Waals surface area (Å²) in [5, 5.41) is 13.4. The molecule has 0 amide bonds. The Morgan fingerprint density at radius 1 is 0.913 bits per heavy atom. The van der Waals surface area contributed by atoms with Crippen molar-refractivity contribution in [3.63, 3.8) is 0 Å². The molecule has 3 heterocycles. The van der Waals surface area contributed by atoms with E-state index in [1.54, 1.807) is 4.52 Å². The van der Waals surface area contributed by atoms with Crippen LogP contribution < -0.4 is 4.74 Å². The van der Waals surface area contributed by atoms with Gasteiger partial charge in [-0.25, -0.2) is 0 Å². The second-order valence-corrected chi connectivity index (χ2v) is 5.46. The van der Waals surface area contributed by atoms with Crippen LogP contribution in [0.3, 0.4) is 0 Å². The molecule has 0 spiro atoms. The maximum atomic E-state index is 5.79. The Kier molecular flexibility index (Phi) is 2.49. The van der Waals surface area contributed by atoms with Crippen LogP contribution in [0.1, 0.15) is 5.56 Å². The Hall–Kier alpha value is -3.21. The largest absolute Gasteiger partial charge is 0.488 e. The second kappa shape index (κ2) is 4.64. The highest BCUT2D eigenvalue weighted by Crippen LogP contribution is 2.36. The molecule has 1 aliphatic rings. The summed E-state index contributed by atoms with van der Waals surface area (Å²) in [5.74, 6) is 1.61. The lowest BCUT2D eigenvalue weighted by Crippen LogP contribution is -2.10. The van der Waals surface area contributed by atoms with Crippen LogP contribution >= 0.6 is 0 Å². The van der Waals surface area contributed by atoms with Gasteiger partial charge in [0, 0.05) is 16.7 Å². The molecule has 2 aromatic carbocycles. The fourth-order valence-corrected chi connectivity index (χ4v) is 2.92. The minimum atomic E-state index is 0.503. The minimum absolute atomic E-state index is 0.503. The molecule has 0 N–H and O–H groups in total. The van der Waals surface area contributed by atoms with Gasteiger partial charge in [0.15, 0.2) is 11.5 Å². The van der Waals surface area contributed by atoms with Gasteiger partial charge in [-0.2, -0.15) is 9.61 Å². The monoisotopic (exact) mass is 300 g/mol. The van der Waals surface area contributed by atoms with Crippen LogP contribution in [0.25, 0.3) is 28.3 Å². The molecule has 110 valence electrons. The average molecular weight is 300 g/mol. The Labute approximate surface area is 132 Å². The molecule has 4 aromatic rings. The van der Waals surface area contributed by atoms with E-state index in [1.807, 2.05) is 60.7 Å². The van der Waals surface area contributed by atoms with Gasteiger partial charge in [-0.3, -0.25) is 0 Å². The minimum Gasteiger partial charge on any atom is -0.488 e. The van der Waals surface area contributed by atoms with Gasteiger partial charge >= 0.3 is 0 Å². The Morgan fingerprint density at radius 2 is 1.74 bits per heavy atom. The van der Waals surface area contributed by atoms with Crippen LogP contribution in [-0.2, 0) is 6.61 Å². The molecule has 0 aliphatic carbocycles. The van der Waals surface area contributed by atoms with Gasteiger partial charge in [0.05, 0.1) is 0 Å². The first-order valence-electron chi connectivity index (χ1n) is 7.43. The molecule has 23 heavy (non-hydrogen) atoms. The highest BCUT2D eigenvalue weighted by atomic mass is 16.5. The van der Waals surface area contributed by atoms with Crippen LogP contribution in [0.15, 0.2) is 60.7 Å². The zero-order valence-corrected chi connectivity index (χ0v) is 12.2. The molecule has 1 aliphatic heterocycles. The van der Waals surface area contributed by atoms with E-state index in [2.05, 4.69) is 10.2 Å². The lowest BCUT2D eigenvalue weighted by Gasteiger charge is -2.19. The van der Waals surface area contributed by atoms with E-state index < -0.39 is 0 Å². The smallest absolute Gasteiger partial charge is 0.185 e. The van der Waals surface area contributed by atoms with Crippen LogP contribution in [-0.4, -0.2) is 19.8 Å². The molecule has 0 bridgehead atoms. The number of nitrogens with zero attached hydrogens (tertiary/aromatic N) is 4. The van der Waals surface area contributed by atoms with Gasteiger partial charge in [0.2, 0.25) is 0 Å². The molecule has 0 saturated heterocycles. The maximum absolute atomic E-state index is 5.79. The van der Waals surface area contributed by atoms with Gasteiger partial charge < -0.3 is 4.74 Å². The van der Waals surface area contributed by atoms with E-state index in [4.69, 9.17) is 9.84 Å². The van der Waals surface area contributed by atoms with Crippen LogP contribution in [0.4, 0.5) is 0 Å². The molecule has 5 rings (SSSR count). The third-order valence-corrected chi connectivity index (χ3v) is 4.03.